The molecule has 168 valence electrons. The molecule has 1 unspecified atom stereocenters. The minimum absolute atomic E-state index is 0.0448. The number of ketones is 1. The zero-order chi connectivity index (χ0) is 23.1. The van der Waals surface area contributed by atoms with Crippen molar-refractivity contribution in [3.05, 3.63) is 69.7 Å². The van der Waals surface area contributed by atoms with Gasteiger partial charge in [0.05, 0.1) is 15.6 Å². The second-order valence-electron chi connectivity index (χ2n) is 8.59. The second kappa shape index (κ2) is 8.82. The van der Waals surface area contributed by atoms with Gasteiger partial charge in [0, 0.05) is 34.0 Å². The molecule has 1 saturated heterocycles. The second-order valence-corrected chi connectivity index (χ2v) is 9.40. The van der Waals surface area contributed by atoms with E-state index in [1.54, 1.807) is 19.1 Å². The van der Waals surface area contributed by atoms with Crippen LogP contribution in [0, 0.1) is 5.92 Å². The summed E-state index contributed by atoms with van der Waals surface area (Å²) in [6.45, 7) is 4.15. The maximum absolute atomic E-state index is 12.8. The average Bonchev–Trinajstić information content (AvgIpc) is 3.45. The van der Waals surface area contributed by atoms with Crippen LogP contribution in [0.25, 0.3) is 32.9 Å². The molecule has 0 aliphatic carbocycles. The number of amides is 1. The Bertz CT molecular complexity index is 1400. The Morgan fingerprint density at radius 3 is 2.58 bits per heavy atom. The zero-order valence-electron chi connectivity index (χ0n) is 18.1. The molecule has 3 N–H and O–H groups in total. The van der Waals surface area contributed by atoms with Crippen molar-refractivity contribution < 1.29 is 9.59 Å². The number of carbonyl (C=O) groups is 2. The van der Waals surface area contributed by atoms with Crippen molar-refractivity contribution >= 4 is 56.7 Å². The molecular formula is C26H23Cl2N3O2. The SMILES string of the molecule is CC(=O)c1cc(-c2ccc(Cl)c(Cl)c2)cc2c1[nH]c1ccc(C(=O)NCC3CCNC3)cc12. The number of H-pyrrole nitrogens is 1. The lowest BCUT2D eigenvalue weighted by Gasteiger charge is -2.10. The molecule has 0 bridgehead atoms. The molecule has 7 heteroatoms. The van der Waals surface area contributed by atoms with Crippen LogP contribution in [0.15, 0.2) is 48.5 Å². The molecule has 1 aromatic heterocycles. The number of hydrogen-bond donors (Lipinski definition) is 3. The van der Waals surface area contributed by atoms with Crippen molar-refractivity contribution in [2.24, 2.45) is 5.92 Å². The Morgan fingerprint density at radius 1 is 1.00 bits per heavy atom. The van der Waals surface area contributed by atoms with Crippen LogP contribution in [0.4, 0.5) is 0 Å². The van der Waals surface area contributed by atoms with E-state index in [4.69, 9.17) is 23.2 Å². The summed E-state index contributed by atoms with van der Waals surface area (Å²) >= 11 is 12.3. The van der Waals surface area contributed by atoms with Crippen LogP contribution in [0.2, 0.25) is 10.0 Å². The van der Waals surface area contributed by atoms with Crippen LogP contribution in [-0.4, -0.2) is 36.3 Å². The Balaban J connectivity index is 1.59. The summed E-state index contributed by atoms with van der Waals surface area (Å²) in [6.07, 6.45) is 1.08. The molecule has 0 saturated carbocycles. The van der Waals surface area contributed by atoms with Crippen LogP contribution >= 0.6 is 23.2 Å². The van der Waals surface area contributed by atoms with Gasteiger partial charge in [-0.25, -0.2) is 0 Å². The van der Waals surface area contributed by atoms with Gasteiger partial charge in [-0.2, -0.15) is 0 Å². The zero-order valence-corrected chi connectivity index (χ0v) is 19.6. The molecule has 2 heterocycles. The number of fused-ring (bicyclic) bond motifs is 3. The highest BCUT2D eigenvalue weighted by Crippen LogP contribution is 2.35. The first-order valence-electron chi connectivity index (χ1n) is 11.0. The summed E-state index contributed by atoms with van der Waals surface area (Å²) in [6, 6.07) is 14.9. The standard InChI is InChI=1S/C26H23Cl2N3O2/c1-14(32)19-9-18(16-2-4-22(27)23(28)11-16)10-21-20-8-17(3-5-24(20)31-25(19)21)26(33)30-13-15-6-7-29-12-15/h2-5,8-11,15,29,31H,6-7,12-13H2,1H3,(H,30,33). The molecule has 5 rings (SSSR count). The monoisotopic (exact) mass is 479 g/mol. The van der Waals surface area contributed by atoms with E-state index in [0.29, 0.717) is 33.6 Å². The number of hydrogen-bond acceptors (Lipinski definition) is 3. The normalized spacial score (nSPS) is 15.9. The third kappa shape index (κ3) is 4.24. The average molecular weight is 480 g/mol. The van der Waals surface area contributed by atoms with Crippen molar-refractivity contribution in [2.45, 2.75) is 13.3 Å². The lowest BCUT2D eigenvalue weighted by Crippen LogP contribution is -2.30. The number of benzene rings is 3. The van der Waals surface area contributed by atoms with Gasteiger partial charge in [0.1, 0.15) is 0 Å². The summed E-state index contributed by atoms with van der Waals surface area (Å²) in [4.78, 5) is 28.7. The summed E-state index contributed by atoms with van der Waals surface area (Å²) in [7, 11) is 0. The fourth-order valence-corrected chi connectivity index (χ4v) is 4.79. The van der Waals surface area contributed by atoms with Crippen LogP contribution < -0.4 is 10.6 Å². The summed E-state index contributed by atoms with van der Waals surface area (Å²) in [5.74, 6) is 0.333. The first-order chi connectivity index (χ1) is 15.9. The smallest absolute Gasteiger partial charge is 0.251 e. The molecule has 1 atom stereocenters. The van der Waals surface area contributed by atoms with Gasteiger partial charge in [-0.1, -0.05) is 29.3 Å². The lowest BCUT2D eigenvalue weighted by molar-refractivity contribution is 0.0947. The number of aromatic amines is 1. The molecule has 33 heavy (non-hydrogen) atoms. The van der Waals surface area contributed by atoms with E-state index in [2.05, 4.69) is 15.6 Å². The molecular weight excluding hydrogens is 457 g/mol. The first kappa shape index (κ1) is 22.0. The van der Waals surface area contributed by atoms with E-state index in [0.717, 1.165) is 52.4 Å². The van der Waals surface area contributed by atoms with Gasteiger partial charge in [0.15, 0.2) is 5.78 Å². The number of aromatic nitrogens is 1. The Morgan fingerprint density at radius 2 is 1.85 bits per heavy atom. The van der Waals surface area contributed by atoms with E-state index < -0.39 is 0 Å². The third-order valence-corrected chi connectivity index (χ3v) is 7.05. The van der Waals surface area contributed by atoms with E-state index >= 15 is 0 Å². The highest BCUT2D eigenvalue weighted by molar-refractivity contribution is 6.42. The van der Waals surface area contributed by atoms with Crippen LogP contribution in [0.3, 0.4) is 0 Å². The highest BCUT2D eigenvalue weighted by atomic mass is 35.5. The van der Waals surface area contributed by atoms with Crippen molar-refractivity contribution in [3.8, 4) is 11.1 Å². The molecule has 1 fully saturated rings. The van der Waals surface area contributed by atoms with Gasteiger partial charge in [-0.3, -0.25) is 9.59 Å². The third-order valence-electron chi connectivity index (χ3n) is 6.32. The number of nitrogens with one attached hydrogen (secondary N) is 3. The Labute approximate surface area is 201 Å². The molecule has 1 aliphatic heterocycles. The Hall–Kier alpha value is -2.86. The summed E-state index contributed by atoms with van der Waals surface area (Å²) in [5.41, 5.74) is 4.53. The highest BCUT2D eigenvalue weighted by Gasteiger charge is 2.18. The number of carbonyl (C=O) groups excluding carboxylic acids is 2. The predicted octanol–water partition coefficient (Wildman–Crippen LogP) is 5.84. The number of halogens is 2. The van der Waals surface area contributed by atoms with E-state index in [1.165, 1.54) is 0 Å². The molecule has 5 nitrogen and oxygen atoms in total. The van der Waals surface area contributed by atoms with E-state index in [-0.39, 0.29) is 11.7 Å². The van der Waals surface area contributed by atoms with Gasteiger partial charge in [-0.15, -0.1) is 0 Å². The van der Waals surface area contributed by atoms with Crippen molar-refractivity contribution in [1.29, 1.82) is 0 Å². The van der Waals surface area contributed by atoms with Crippen LogP contribution in [-0.2, 0) is 0 Å². The van der Waals surface area contributed by atoms with E-state index in [1.807, 2.05) is 36.4 Å². The van der Waals surface area contributed by atoms with Gasteiger partial charge in [-0.05, 0) is 85.9 Å². The fraction of sp³-hybridized carbons (Fsp3) is 0.231. The quantitative estimate of drug-likeness (QED) is 0.315. The largest absolute Gasteiger partial charge is 0.354 e. The molecule has 1 amide bonds. The van der Waals surface area contributed by atoms with Gasteiger partial charge in [0.2, 0.25) is 0 Å². The van der Waals surface area contributed by atoms with Crippen molar-refractivity contribution in [1.82, 2.24) is 15.6 Å². The van der Waals surface area contributed by atoms with Gasteiger partial charge < -0.3 is 15.6 Å². The van der Waals surface area contributed by atoms with Crippen molar-refractivity contribution in [3.63, 3.8) is 0 Å². The molecule has 1 aliphatic rings. The minimum Gasteiger partial charge on any atom is -0.354 e. The number of Topliss-reactive ketones (excluding diaryl/α,β-unsaturated/α-hetero) is 1. The minimum atomic E-state index is -0.0921. The van der Waals surface area contributed by atoms with Gasteiger partial charge in [0.25, 0.3) is 5.91 Å². The van der Waals surface area contributed by atoms with Crippen molar-refractivity contribution in [2.75, 3.05) is 19.6 Å². The van der Waals surface area contributed by atoms with Gasteiger partial charge >= 0.3 is 0 Å². The predicted molar refractivity (Wildman–Crippen MR) is 135 cm³/mol. The number of rotatable bonds is 5. The summed E-state index contributed by atoms with van der Waals surface area (Å²) in [5, 5.41) is 9.08. The molecule has 0 spiro atoms. The maximum atomic E-state index is 12.8. The Kier molecular flexibility index (Phi) is 5.87. The first-order valence-corrected chi connectivity index (χ1v) is 11.7. The molecule has 0 radical (unpaired) electrons. The lowest BCUT2D eigenvalue weighted by atomic mass is 9.97. The fourth-order valence-electron chi connectivity index (χ4n) is 4.49. The maximum Gasteiger partial charge on any atom is 0.251 e. The molecule has 4 aromatic rings. The van der Waals surface area contributed by atoms with Crippen LogP contribution in [0.1, 0.15) is 34.1 Å². The molecule has 3 aromatic carbocycles. The van der Waals surface area contributed by atoms with Crippen LogP contribution in [0.5, 0.6) is 0 Å². The summed E-state index contributed by atoms with van der Waals surface area (Å²) < 4.78 is 0. The van der Waals surface area contributed by atoms with E-state index in [9.17, 15) is 9.59 Å². The topological polar surface area (TPSA) is 74.0 Å².